The predicted molar refractivity (Wildman–Crippen MR) is 118 cm³/mol. The smallest absolute Gasteiger partial charge is 0.363 e. The molecule has 0 saturated carbocycles. The van der Waals surface area contributed by atoms with Gasteiger partial charge in [-0.3, -0.25) is 9.40 Å². The summed E-state index contributed by atoms with van der Waals surface area (Å²) in [4.78, 5) is 0.0779. The van der Waals surface area contributed by atoms with Crippen LogP contribution in [-0.2, 0) is 29.7 Å². The van der Waals surface area contributed by atoms with Crippen LogP contribution in [-0.4, -0.2) is 23.4 Å². The predicted octanol–water partition coefficient (Wildman–Crippen LogP) is 4.97. The molecule has 0 bridgehead atoms. The summed E-state index contributed by atoms with van der Waals surface area (Å²) in [5.41, 5.74) is 2.77. The standard InChI is InChI=1S/C23H19F3N4O3S/c1-30-21(8-10-27-30)20-13-15(23(24,25)26)3-6-19(20)18-5-2-14-12-16(4-7-17(14)18)34(31,32)29-22-9-11-33-28-22/h3-4,6-13,18H,2,5H2,1H3,(H,28,29). The Morgan fingerprint density at radius 2 is 1.88 bits per heavy atom. The second kappa shape index (κ2) is 8.01. The first-order valence-corrected chi connectivity index (χ1v) is 11.9. The second-order valence-corrected chi connectivity index (χ2v) is 9.76. The van der Waals surface area contributed by atoms with Crippen molar-refractivity contribution in [3.05, 3.63) is 83.2 Å². The van der Waals surface area contributed by atoms with Crippen LogP contribution in [0.1, 0.15) is 34.6 Å². The van der Waals surface area contributed by atoms with E-state index in [0.29, 0.717) is 24.1 Å². The van der Waals surface area contributed by atoms with Crippen LogP contribution >= 0.6 is 0 Å². The molecule has 1 aliphatic carbocycles. The third-order valence-electron chi connectivity index (χ3n) is 6.03. The van der Waals surface area contributed by atoms with E-state index in [0.717, 1.165) is 28.8 Å². The Bertz CT molecular complexity index is 1460. The van der Waals surface area contributed by atoms with Gasteiger partial charge in [-0.25, -0.2) is 8.42 Å². The molecule has 1 N–H and O–H groups in total. The van der Waals surface area contributed by atoms with Crippen LogP contribution in [0.15, 0.2) is 70.4 Å². The third-order valence-corrected chi connectivity index (χ3v) is 7.38. The summed E-state index contributed by atoms with van der Waals surface area (Å²) >= 11 is 0. The molecule has 1 unspecified atom stereocenters. The van der Waals surface area contributed by atoms with Crippen LogP contribution in [0.4, 0.5) is 19.0 Å². The van der Waals surface area contributed by atoms with E-state index in [9.17, 15) is 21.6 Å². The molecule has 2 heterocycles. The van der Waals surface area contributed by atoms with Crippen molar-refractivity contribution in [1.29, 1.82) is 0 Å². The number of nitrogens with zero attached hydrogens (tertiary/aromatic N) is 3. The number of fused-ring (bicyclic) bond motifs is 1. The van der Waals surface area contributed by atoms with Crippen LogP contribution in [0, 0.1) is 0 Å². The van der Waals surface area contributed by atoms with Gasteiger partial charge in [0.1, 0.15) is 6.26 Å². The van der Waals surface area contributed by atoms with E-state index in [2.05, 4.69) is 19.5 Å². The molecular formula is C23H19F3N4O3S. The number of sulfonamides is 1. The van der Waals surface area contributed by atoms with Gasteiger partial charge in [0.15, 0.2) is 5.82 Å². The highest BCUT2D eigenvalue weighted by Gasteiger charge is 2.34. The van der Waals surface area contributed by atoms with E-state index in [1.54, 1.807) is 36.1 Å². The Balaban J connectivity index is 1.55. The van der Waals surface area contributed by atoms with Gasteiger partial charge in [0, 0.05) is 30.8 Å². The average Bonchev–Trinajstić information content (AvgIpc) is 3.53. The molecule has 5 rings (SSSR count). The topological polar surface area (TPSA) is 90.0 Å². The monoisotopic (exact) mass is 488 g/mol. The zero-order valence-electron chi connectivity index (χ0n) is 17.9. The number of rotatable bonds is 5. The van der Waals surface area contributed by atoms with Gasteiger partial charge in [-0.05, 0) is 59.9 Å². The van der Waals surface area contributed by atoms with Crippen molar-refractivity contribution >= 4 is 15.8 Å². The van der Waals surface area contributed by atoms with E-state index >= 15 is 0 Å². The van der Waals surface area contributed by atoms with Gasteiger partial charge in [-0.1, -0.05) is 17.3 Å². The number of alkyl halides is 3. The number of benzene rings is 2. The van der Waals surface area contributed by atoms with E-state index in [1.165, 1.54) is 24.5 Å². The molecule has 0 saturated heterocycles. The van der Waals surface area contributed by atoms with E-state index < -0.39 is 21.8 Å². The lowest BCUT2D eigenvalue weighted by Gasteiger charge is -2.19. The van der Waals surface area contributed by atoms with Gasteiger partial charge in [-0.2, -0.15) is 18.3 Å². The molecule has 0 spiro atoms. The van der Waals surface area contributed by atoms with Gasteiger partial charge in [0.05, 0.1) is 16.2 Å². The fraction of sp³-hybridized carbons (Fsp3) is 0.217. The Hall–Kier alpha value is -3.60. The molecule has 7 nitrogen and oxygen atoms in total. The first-order chi connectivity index (χ1) is 16.1. The maximum absolute atomic E-state index is 13.5. The van der Waals surface area contributed by atoms with Crippen molar-refractivity contribution in [2.24, 2.45) is 7.05 Å². The first kappa shape index (κ1) is 22.2. The van der Waals surface area contributed by atoms with Crippen LogP contribution in [0.25, 0.3) is 11.3 Å². The lowest BCUT2D eigenvalue weighted by Crippen LogP contribution is -2.13. The van der Waals surface area contributed by atoms with Gasteiger partial charge < -0.3 is 4.52 Å². The number of hydrogen-bond acceptors (Lipinski definition) is 5. The number of aryl methyl sites for hydroxylation is 2. The Morgan fingerprint density at radius 3 is 2.56 bits per heavy atom. The summed E-state index contributed by atoms with van der Waals surface area (Å²) in [7, 11) is -2.19. The molecule has 2 aromatic carbocycles. The summed E-state index contributed by atoms with van der Waals surface area (Å²) in [5, 5.41) is 7.68. The normalized spacial score (nSPS) is 15.9. The van der Waals surface area contributed by atoms with Crippen molar-refractivity contribution in [3.63, 3.8) is 0 Å². The maximum Gasteiger partial charge on any atom is 0.416 e. The minimum Gasteiger partial charge on any atom is -0.363 e. The summed E-state index contributed by atoms with van der Waals surface area (Å²) in [6.45, 7) is 0. The molecule has 4 aromatic rings. The van der Waals surface area contributed by atoms with Gasteiger partial charge in [-0.15, -0.1) is 0 Å². The molecular weight excluding hydrogens is 469 g/mol. The van der Waals surface area contributed by atoms with Crippen LogP contribution in [0.5, 0.6) is 0 Å². The van der Waals surface area contributed by atoms with Crippen molar-refractivity contribution in [2.45, 2.75) is 29.8 Å². The van der Waals surface area contributed by atoms with Crippen LogP contribution in [0.3, 0.4) is 0 Å². The average molecular weight is 488 g/mol. The van der Waals surface area contributed by atoms with E-state index in [4.69, 9.17) is 0 Å². The molecule has 0 aliphatic heterocycles. The molecule has 34 heavy (non-hydrogen) atoms. The number of nitrogens with one attached hydrogen (secondary N) is 1. The van der Waals surface area contributed by atoms with Crippen molar-refractivity contribution < 1.29 is 26.1 Å². The van der Waals surface area contributed by atoms with Crippen LogP contribution < -0.4 is 4.72 Å². The zero-order valence-corrected chi connectivity index (χ0v) is 18.7. The summed E-state index contributed by atoms with van der Waals surface area (Å²) in [5.74, 6) is -0.105. The summed E-state index contributed by atoms with van der Waals surface area (Å²) in [6.07, 6.45) is -0.430. The van der Waals surface area contributed by atoms with Gasteiger partial charge in [0.2, 0.25) is 0 Å². The second-order valence-electron chi connectivity index (χ2n) is 8.08. The van der Waals surface area contributed by atoms with Crippen molar-refractivity contribution in [2.75, 3.05) is 4.72 Å². The molecule has 176 valence electrons. The Morgan fingerprint density at radius 1 is 1.09 bits per heavy atom. The summed E-state index contributed by atoms with van der Waals surface area (Å²) in [6, 6.07) is 11.7. The Labute approximate surface area is 193 Å². The molecule has 0 fully saturated rings. The first-order valence-electron chi connectivity index (χ1n) is 10.4. The molecule has 11 heteroatoms. The molecule has 2 aromatic heterocycles. The Kier molecular flexibility index (Phi) is 5.23. The fourth-order valence-corrected chi connectivity index (χ4v) is 5.49. The summed E-state index contributed by atoms with van der Waals surface area (Å²) < 4.78 is 74.4. The number of halogens is 3. The minimum absolute atomic E-state index is 0.0731. The van der Waals surface area contributed by atoms with E-state index in [-0.39, 0.29) is 16.6 Å². The number of aromatic nitrogens is 3. The van der Waals surface area contributed by atoms with Gasteiger partial charge >= 0.3 is 6.18 Å². The molecule has 1 atom stereocenters. The minimum atomic E-state index is -4.47. The lowest BCUT2D eigenvalue weighted by molar-refractivity contribution is -0.137. The lowest BCUT2D eigenvalue weighted by atomic mass is 9.87. The fourth-order valence-electron chi connectivity index (χ4n) is 4.44. The van der Waals surface area contributed by atoms with Gasteiger partial charge in [0.25, 0.3) is 10.0 Å². The van der Waals surface area contributed by atoms with E-state index in [1.807, 2.05) is 0 Å². The van der Waals surface area contributed by atoms with Crippen molar-refractivity contribution in [1.82, 2.24) is 14.9 Å². The highest BCUT2D eigenvalue weighted by atomic mass is 32.2. The number of anilines is 1. The number of hydrogen-bond donors (Lipinski definition) is 1. The van der Waals surface area contributed by atoms with Crippen molar-refractivity contribution in [3.8, 4) is 11.3 Å². The maximum atomic E-state index is 13.5. The highest BCUT2D eigenvalue weighted by Crippen LogP contribution is 2.44. The third kappa shape index (κ3) is 3.96. The SMILES string of the molecule is Cn1nccc1-c1cc(C(F)(F)F)ccc1C1CCc2cc(S(=O)(=O)Nc3ccon3)ccc21. The highest BCUT2D eigenvalue weighted by molar-refractivity contribution is 7.92. The molecule has 0 amide bonds. The zero-order chi connectivity index (χ0) is 24.1. The molecule has 0 radical (unpaired) electrons. The largest absolute Gasteiger partial charge is 0.416 e. The molecule has 1 aliphatic rings. The quantitative estimate of drug-likeness (QED) is 0.428. The van der Waals surface area contributed by atoms with Crippen LogP contribution in [0.2, 0.25) is 0 Å².